The summed E-state index contributed by atoms with van der Waals surface area (Å²) in [6.45, 7) is 6.83. The second kappa shape index (κ2) is 10.3. The third-order valence-corrected chi connectivity index (χ3v) is 19.7. The van der Waals surface area contributed by atoms with Crippen molar-refractivity contribution in [1.82, 2.24) is 0 Å². The zero-order chi connectivity index (χ0) is 13.1. The summed E-state index contributed by atoms with van der Waals surface area (Å²) in [4.78, 5) is 0. The van der Waals surface area contributed by atoms with Crippen molar-refractivity contribution in [2.45, 2.75) is 76.7 Å². The molecule has 0 bridgehead atoms. The summed E-state index contributed by atoms with van der Waals surface area (Å²) in [5.41, 5.74) is 6.33. The minimum absolute atomic E-state index is 0.147. The van der Waals surface area contributed by atoms with Crippen LogP contribution >= 0.6 is 0 Å². The van der Waals surface area contributed by atoms with Crippen molar-refractivity contribution in [2.24, 2.45) is 5.73 Å². The van der Waals surface area contributed by atoms with Gasteiger partial charge >= 0.3 is 113 Å². The number of nitrogens with two attached hydrogens (primary N) is 1. The number of terminal acetylenes is 1. The summed E-state index contributed by atoms with van der Waals surface area (Å²) >= 11 is -2.25. The molecule has 100 valence electrons. The van der Waals surface area contributed by atoms with E-state index in [0.29, 0.717) is 0 Å². The van der Waals surface area contributed by atoms with E-state index in [1.165, 1.54) is 51.8 Å². The molecular weight excluding hydrogens is 313 g/mol. The maximum atomic E-state index is 6.33. The van der Waals surface area contributed by atoms with Gasteiger partial charge in [0.15, 0.2) is 0 Å². The Morgan fingerprint density at radius 1 is 0.941 bits per heavy atom. The molecule has 0 aliphatic rings. The Morgan fingerprint density at radius 2 is 1.29 bits per heavy atom. The molecule has 0 amide bonds. The van der Waals surface area contributed by atoms with E-state index in [1.54, 1.807) is 0 Å². The second-order valence-corrected chi connectivity index (χ2v) is 19.2. The van der Waals surface area contributed by atoms with Crippen molar-refractivity contribution >= 4 is 18.4 Å². The third-order valence-electron chi connectivity index (χ3n) is 3.92. The molecule has 0 saturated carbocycles. The molecule has 2 N–H and O–H groups in total. The first-order valence-corrected chi connectivity index (χ1v) is 15.1. The van der Waals surface area contributed by atoms with E-state index in [4.69, 9.17) is 12.2 Å². The van der Waals surface area contributed by atoms with Gasteiger partial charge in [0.1, 0.15) is 0 Å². The van der Waals surface area contributed by atoms with Gasteiger partial charge in [-0.25, -0.2) is 0 Å². The molecule has 0 aliphatic heterocycles. The van der Waals surface area contributed by atoms with Gasteiger partial charge < -0.3 is 0 Å². The van der Waals surface area contributed by atoms with Crippen molar-refractivity contribution in [3.05, 3.63) is 0 Å². The Labute approximate surface area is 113 Å². The maximum absolute atomic E-state index is 6.33. The molecule has 0 rings (SSSR count). The van der Waals surface area contributed by atoms with Crippen LogP contribution in [0.3, 0.4) is 0 Å². The molecule has 1 nitrogen and oxygen atoms in total. The third kappa shape index (κ3) is 6.15. The van der Waals surface area contributed by atoms with Gasteiger partial charge in [-0.05, 0) is 0 Å². The number of rotatable bonds is 10. The molecule has 1 unspecified atom stereocenters. The number of hydrogen-bond donors (Lipinski definition) is 1. The van der Waals surface area contributed by atoms with Crippen LogP contribution in [0, 0.1) is 12.3 Å². The Hall–Kier alpha value is 0.319. The van der Waals surface area contributed by atoms with E-state index < -0.39 is 18.4 Å². The van der Waals surface area contributed by atoms with Crippen LogP contribution in [-0.2, 0) is 0 Å². The first kappa shape index (κ1) is 17.3. The minimum atomic E-state index is -2.25. The van der Waals surface area contributed by atoms with E-state index >= 15 is 0 Å². The van der Waals surface area contributed by atoms with Crippen LogP contribution in [-0.4, -0.2) is 22.4 Å². The predicted molar refractivity (Wildman–Crippen MR) is 81.7 cm³/mol. The SMILES string of the molecule is C#C[CH](N)[Sn]([CH2]CCC)([CH2]CCC)[CH2]CCC. The molecule has 17 heavy (non-hydrogen) atoms. The molecule has 0 aliphatic carbocycles. The van der Waals surface area contributed by atoms with E-state index in [-0.39, 0.29) is 4.06 Å². The summed E-state index contributed by atoms with van der Waals surface area (Å²) in [5, 5.41) is 0. The molecule has 1 atom stereocenters. The van der Waals surface area contributed by atoms with Gasteiger partial charge in [-0.1, -0.05) is 0 Å². The fourth-order valence-electron chi connectivity index (χ4n) is 2.60. The summed E-state index contributed by atoms with van der Waals surface area (Å²) in [7, 11) is 0. The van der Waals surface area contributed by atoms with Gasteiger partial charge in [0.05, 0.1) is 0 Å². The molecule has 0 fully saturated rings. The summed E-state index contributed by atoms with van der Waals surface area (Å²) < 4.78 is 4.39. The Kier molecular flexibility index (Phi) is 10.5. The molecule has 0 aromatic heterocycles. The van der Waals surface area contributed by atoms with Crippen molar-refractivity contribution < 1.29 is 0 Å². The van der Waals surface area contributed by atoms with Crippen LogP contribution < -0.4 is 5.73 Å². The topological polar surface area (TPSA) is 26.0 Å². The molecule has 0 spiro atoms. The number of hydrogen-bond acceptors (Lipinski definition) is 1. The van der Waals surface area contributed by atoms with Crippen LogP contribution in [0.1, 0.15) is 59.3 Å². The fraction of sp³-hybridized carbons (Fsp3) is 0.867. The predicted octanol–water partition coefficient (Wildman–Crippen LogP) is 4.34. The Bertz CT molecular complexity index is 198. The van der Waals surface area contributed by atoms with E-state index in [0.717, 1.165) is 0 Å². The quantitative estimate of drug-likeness (QED) is 0.463. The van der Waals surface area contributed by atoms with Crippen molar-refractivity contribution in [1.29, 1.82) is 0 Å². The Morgan fingerprint density at radius 3 is 1.53 bits per heavy atom. The van der Waals surface area contributed by atoms with Gasteiger partial charge in [0.2, 0.25) is 0 Å². The van der Waals surface area contributed by atoms with Crippen LogP contribution in [0.5, 0.6) is 0 Å². The van der Waals surface area contributed by atoms with Crippen LogP contribution in [0.4, 0.5) is 0 Å². The number of unbranched alkanes of at least 4 members (excludes halogenated alkanes) is 3. The van der Waals surface area contributed by atoms with Crippen molar-refractivity contribution in [3.8, 4) is 12.3 Å². The van der Waals surface area contributed by atoms with Crippen LogP contribution in [0.15, 0.2) is 0 Å². The van der Waals surface area contributed by atoms with Gasteiger partial charge in [-0.3, -0.25) is 0 Å². The van der Waals surface area contributed by atoms with E-state index in [2.05, 4.69) is 26.7 Å². The zero-order valence-corrected chi connectivity index (χ0v) is 15.0. The molecule has 0 aromatic carbocycles. The monoisotopic (exact) mass is 345 g/mol. The Balaban J connectivity index is 4.71. The van der Waals surface area contributed by atoms with Gasteiger partial charge in [0.25, 0.3) is 0 Å². The average Bonchev–Trinajstić information content (AvgIpc) is 2.37. The molecule has 0 aromatic rings. The summed E-state index contributed by atoms with van der Waals surface area (Å²) in [5.74, 6) is 2.90. The van der Waals surface area contributed by atoms with Crippen LogP contribution in [0.25, 0.3) is 0 Å². The van der Waals surface area contributed by atoms with Crippen molar-refractivity contribution in [2.75, 3.05) is 0 Å². The molecule has 0 saturated heterocycles. The van der Waals surface area contributed by atoms with Gasteiger partial charge in [-0.2, -0.15) is 0 Å². The van der Waals surface area contributed by atoms with E-state index in [1.807, 2.05) is 0 Å². The standard InChI is InChI=1S/3C4H9.C3H4N.Sn/c3*1-3-4-2;1-2-3-4;/h3*1,3-4H2,2H3;1,3H,4H2;. The summed E-state index contributed by atoms with van der Waals surface area (Å²) in [6.07, 6.45) is 13.5. The zero-order valence-electron chi connectivity index (χ0n) is 12.1. The van der Waals surface area contributed by atoms with Gasteiger partial charge in [-0.15, -0.1) is 0 Å². The molecule has 0 heterocycles. The summed E-state index contributed by atoms with van der Waals surface area (Å²) in [6, 6.07) is 0. The second-order valence-electron chi connectivity index (χ2n) is 5.32. The first-order chi connectivity index (χ1) is 8.16. The van der Waals surface area contributed by atoms with Gasteiger partial charge in [0, 0.05) is 0 Å². The van der Waals surface area contributed by atoms with E-state index in [9.17, 15) is 0 Å². The molecule has 2 heteroatoms. The first-order valence-electron chi connectivity index (χ1n) is 7.38. The van der Waals surface area contributed by atoms with Crippen LogP contribution in [0.2, 0.25) is 13.3 Å². The average molecular weight is 344 g/mol. The van der Waals surface area contributed by atoms with Crippen molar-refractivity contribution in [3.63, 3.8) is 0 Å². The fourth-order valence-corrected chi connectivity index (χ4v) is 17.5. The normalized spacial score (nSPS) is 13.4. The molecule has 0 radical (unpaired) electrons. The molecular formula is C15H31NSn.